The Morgan fingerprint density at radius 3 is 2.48 bits per heavy atom. The summed E-state index contributed by atoms with van der Waals surface area (Å²) >= 11 is 0. The van der Waals surface area contributed by atoms with Gasteiger partial charge in [-0.15, -0.1) is 0 Å². The number of aromatic nitrogens is 1. The molecule has 0 aliphatic carbocycles. The van der Waals surface area contributed by atoms with Crippen molar-refractivity contribution < 1.29 is 13.9 Å². The molecule has 0 saturated heterocycles. The van der Waals surface area contributed by atoms with Gasteiger partial charge in [0.2, 0.25) is 5.89 Å². The van der Waals surface area contributed by atoms with Crippen LogP contribution in [-0.4, -0.2) is 18.1 Å². The summed E-state index contributed by atoms with van der Waals surface area (Å²) in [6.07, 6.45) is 1.34. The first-order valence-corrected chi connectivity index (χ1v) is 7.85. The number of nitrogens with zero attached hydrogens (tertiary/aromatic N) is 2. The van der Waals surface area contributed by atoms with E-state index in [1.807, 2.05) is 37.3 Å². The Kier molecular flexibility index (Phi) is 4.70. The Balaban J connectivity index is 1.69. The third-order valence-electron chi connectivity index (χ3n) is 3.80. The van der Waals surface area contributed by atoms with E-state index >= 15 is 0 Å². The minimum Gasteiger partial charge on any atom is -0.481 e. The lowest BCUT2D eigenvalue weighted by molar-refractivity contribution is 0.190. The third kappa shape index (κ3) is 3.80. The Bertz CT molecular complexity index is 844. The van der Waals surface area contributed by atoms with Gasteiger partial charge in [0.05, 0.1) is 6.20 Å². The SMILES string of the molecule is CC(Oc1ccc(N(C)C(N)=O)cc1)c1ncc(-c2ccccc2)o1. The Hall–Kier alpha value is -3.28. The number of carbonyl (C=O) groups is 1. The summed E-state index contributed by atoms with van der Waals surface area (Å²) in [5.74, 6) is 1.84. The van der Waals surface area contributed by atoms with Gasteiger partial charge in [-0.2, -0.15) is 0 Å². The molecule has 2 amide bonds. The molecular formula is C19H19N3O3. The molecule has 0 saturated carbocycles. The number of ether oxygens (including phenoxy) is 1. The largest absolute Gasteiger partial charge is 0.481 e. The highest BCUT2D eigenvalue weighted by molar-refractivity contribution is 5.90. The fourth-order valence-electron chi connectivity index (χ4n) is 2.34. The zero-order valence-corrected chi connectivity index (χ0v) is 14.0. The maximum absolute atomic E-state index is 11.2. The lowest BCUT2D eigenvalue weighted by Gasteiger charge is -2.16. The monoisotopic (exact) mass is 337 g/mol. The second-order valence-electron chi connectivity index (χ2n) is 5.58. The van der Waals surface area contributed by atoms with Gasteiger partial charge >= 0.3 is 6.03 Å². The zero-order valence-electron chi connectivity index (χ0n) is 14.0. The van der Waals surface area contributed by atoms with Gasteiger partial charge in [0, 0.05) is 18.3 Å². The number of amides is 2. The third-order valence-corrected chi connectivity index (χ3v) is 3.80. The second kappa shape index (κ2) is 7.09. The molecule has 1 atom stereocenters. The molecule has 128 valence electrons. The molecule has 3 rings (SSSR count). The molecule has 1 heterocycles. The van der Waals surface area contributed by atoms with Crippen molar-refractivity contribution in [2.75, 3.05) is 11.9 Å². The van der Waals surface area contributed by atoms with Crippen LogP contribution in [0.4, 0.5) is 10.5 Å². The molecule has 3 aromatic rings. The molecule has 2 aromatic carbocycles. The minimum absolute atomic E-state index is 0.350. The number of anilines is 1. The van der Waals surface area contributed by atoms with Crippen LogP contribution in [0, 0.1) is 0 Å². The van der Waals surface area contributed by atoms with E-state index in [1.54, 1.807) is 37.5 Å². The first kappa shape index (κ1) is 16.6. The van der Waals surface area contributed by atoms with Crippen molar-refractivity contribution in [1.29, 1.82) is 0 Å². The van der Waals surface area contributed by atoms with Gasteiger partial charge < -0.3 is 14.9 Å². The quantitative estimate of drug-likeness (QED) is 0.763. The van der Waals surface area contributed by atoms with Crippen molar-refractivity contribution in [1.82, 2.24) is 4.98 Å². The maximum atomic E-state index is 11.2. The average Bonchev–Trinajstić information content (AvgIpc) is 3.13. The van der Waals surface area contributed by atoms with Crippen molar-refractivity contribution in [2.45, 2.75) is 13.0 Å². The highest BCUT2D eigenvalue weighted by atomic mass is 16.5. The summed E-state index contributed by atoms with van der Waals surface area (Å²) in [6.45, 7) is 1.87. The van der Waals surface area contributed by atoms with Gasteiger partial charge in [-0.1, -0.05) is 30.3 Å². The molecular weight excluding hydrogens is 318 g/mol. The maximum Gasteiger partial charge on any atom is 0.318 e. The van der Waals surface area contributed by atoms with Crippen LogP contribution in [0.25, 0.3) is 11.3 Å². The smallest absolute Gasteiger partial charge is 0.318 e. The van der Waals surface area contributed by atoms with E-state index in [2.05, 4.69) is 4.98 Å². The fraction of sp³-hybridized carbons (Fsp3) is 0.158. The molecule has 0 fully saturated rings. The molecule has 1 unspecified atom stereocenters. The van der Waals surface area contributed by atoms with E-state index in [-0.39, 0.29) is 6.10 Å². The van der Waals surface area contributed by atoms with Gasteiger partial charge in [-0.3, -0.25) is 4.90 Å². The van der Waals surface area contributed by atoms with Gasteiger partial charge in [0.25, 0.3) is 0 Å². The van der Waals surface area contributed by atoms with Crippen molar-refractivity contribution in [2.24, 2.45) is 5.73 Å². The van der Waals surface area contributed by atoms with E-state index in [0.717, 1.165) is 5.56 Å². The van der Waals surface area contributed by atoms with E-state index in [4.69, 9.17) is 14.9 Å². The van der Waals surface area contributed by atoms with Crippen LogP contribution in [0.1, 0.15) is 18.9 Å². The van der Waals surface area contributed by atoms with E-state index in [9.17, 15) is 4.79 Å². The standard InChI is InChI=1S/C19H19N3O3/c1-13(18-21-12-17(25-18)14-6-4-3-5-7-14)24-16-10-8-15(9-11-16)22(2)19(20)23/h3-13H,1-2H3,(H2,20,23). The van der Waals surface area contributed by atoms with Crippen molar-refractivity contribution >= 4 is 11.7 Å². The number of primary amides is 1. The van der Waals surface area contributed by atoms with E-state index in [1.165, 1.54) is 4.90 Å². The first-order chi connectivity index (χ1) is 12.0. The molecule has 0 aliphatic rings. The van der Waals surface area contributed by atoms with Gasteiger partial charge in [0.15, 0.2) is 11.9 Å². The van der Waals surface area contributed by atoms with Gasteiger partial charge in [-0.05, 0) is 31.2 Å². The Morgan fingerprint density at radius 1 is 1.16 bits per heavy atom. The number of carbonyl (C=O) groups excluding carboxylic acids is 1. The summed E-state index contributed by atoms with van der Waals surface area (Å²) in [6, 6.07) is 16.3. The van der Waals surface area contributed by atoms with Crippen LogP contribution < -0.4 is 15.4 Å². The predicted molar refractivity (Wildman–Crippen MR) is 95.4 cm³/mol. The highest BCUT2D eigenvalue weighted by Crippen LogP contribution is 2.27. The summed E-state index contributed by atoms with van der Waals surface area (Å²) in [5, 5.41) is 0. The molecule has 1 aromatic heterocycles. The first-order valence-electron chi connectivity index (χ1n) is 7.85. The molecule has 25 heavy (non-hydrogen) atoms. The molecule has 6 heteroatoms. The Labute approximate surface area is 145 Å². The van der Waals surface area contributed by atoms with Crippen LogP contribution >= 0.6 is 0 Å². The fourth-order valence-corrected chi connectivity index (χ4v) is 2.34. The molecule has 0 bridgehead atoms. The molecule has 0 aliphatic heterocycles. The highest BCUT2D eigenvalue weighted by Gasteiger charge is 2.15. The van der Waals surface area contributed by atoms with Crippen LogP contribution in [0.3, 0.4) is 0 Å². The topological polar surface area (TPSA) is 81.6 Å². The number of nitrogens with two attached hydrogens (primary N) is 1. The summed E-state index contributed by atoms with van der Waals surface area (Å²) < 4.78 is 11.6. The van der Waals surface area contributed by atoms with Crippen LogP contribution in [0.2, 0.25) is 0 Å². The predicted octanol–water partition coefficient (Wildman–Crippen LogP) is 4.00. The minimum atomic E-state index is -0.518. The lowest BCUT2D eigenvalue weighted by atomic mass is 10.2. The van der Waals surface area contributed by atoms with Crippen molar-refractivity contribution in [3.63, 3.8) is 0 Å². The lowest BCUT2D eigenvalue weighted by Crippen LogP contribution is -2.31. The Morgan fingerprint density at radius 2 is 1.84 bits per heavy atom. The molecule has 0 spiro atoms. The van der Waals surface area contributed by atoms with E-state index < -0.39 is 6.03 Å². The summed E-state index contributed by atoms with van der Waals surface area (Å²) in [5.41, 5.74) is 6.90. The summed E-state index contributed by atoms with van der Waals surface area (Å²) in [4.78, 5) is 16.8. The average molecular weight is 337 g/mol. The second-order valence-corrected chi connectivity index (χ2v) is 5.58. The normalized spacial score (nSPS) is 11.8. The molecule has 6 nitrogen and oxygen atoms in total. The van der Waals surface area contributed by atoms with Gasteiger partial charge in [0.1, 0.15) is 5.75 Å². The number of hydrogen-bond donors (Lipinski definition) is 1. The van der Waals surface area contributed by atoms with Crippen LogP contribution in [0.15, 0.2) is 65.2 Å². The number of urea groups is 1. The van der Waals surface area contributed by atoms with Crippen molar-refractivity contribution in [3.8, 4) is 17.1 Å². The van der Waals surface area contributed by atoms with Crippen LogP contribution in [-0.2, 0) is 0 Å². The number of benzene rings is 2. The molecule has 2 N–H and O–H groups in total. The molecule has 0 radical (unpaired) electrons. The number of rotatable bonds is 5. The van der Waals surface area contributed by atoms with E-state index in [0.29, 0.717) is 23.1 Å². The van der Waals surface area contributed by atoms with Crippen molar-refractivity contribution in [3.05, 3.63) is 66.7 Å². The zero-order chi connectivity index (χ0) is 17.8. The summed E-state index contributed by atoms with van der Waals surface area (Å²) in [7, 11) is 1.61. The number of hydrogen-bond acceptors (Lipinski definition) is 4. The van der Waals surface area contributed by atoms with Crippen LogP contribution in [0.5, 0.6) is 5.75 Å². The number of oxazole rings is 1. The van der Waals surface area contributed by atoms with Gasteiger partial charge in [-0.25, -0.2) is 9.78 Å².